The number of para-hydroxylation sites is 1. The second-order valence-corrected chi connectivity index (χ2v) is 11.4. The number of carbonyl (C=O) groups excluding carboxylic acids is 2. The van der Waals surface area contributed by atoms with E-state index < -0.39 is 11.9 Å². The van der Waals surface area contributed by atoms with Gasteiger partial charge in [-0.1, -0.05) is 23.7 Å². The minimum absolute atomic E-state index is 0.0621. The summed E-state index contributed by atoms with van der Waals surface area (Å²) < 4.78 is 32.0. The van der Waals surface area contributed by atoms with E-state index in [0.29, 0.717) is 61.4 Å². The minimum Gasteiger partial charge on any atom is -0.494 e. The molecule has 48 heavy (non-hydrogen) atoms. The van der Waals surface area contributed by atoms with E-state index in [1.807, 2.05) is 18.2 Å². The van der Waals surface area contributed by atoms with Gasteiger partial charge in [0.25, 0.3) is 11.8 Å². The number of ether oxygens (including phenoxy) is 3. The third kappa shape index (κ3) is 7.25. The van der Waals surface area contributed by atoms with Gasteiger partial charge < -0.3 is 40.0 Å². The van der Waals surface area contributed by atoms with E-state index in [4.69, 9.17) is 25.8 Å². The maximum Gasteiger partial charge on any atom is 0.258 e. The number of hydrogen-bond donors (Lipinski definition) is 3. The van der Waals surface area contributed by atoms with Crippen molar-refractivity contribution in [2.75, 3.05) is 69.1 Å². The van der Waals surface area contributed by atoms with Gasteiger partial charge in [-0.2, -0.15) is 9.37 Å². The third-order valence-corrected chi connectivity index (χ3v) is 8.35. The molecular formula is C33H34ClFN8O5. The lowest BCUT2D eigenvalue weighted by Crippen LogP contribution is -2.56. The van der Waals surface area contributed by atoms with Gasteiger partial charge in [-0.15, -0.1) is 0 Å². The van der Waals surface area contributed by atoms with E-state index in [1.54, 1.807) is 49.4 Å². The van der Waals surface area contributed by atoms with Crippen molar-refractivity contribution < 1.29 is 28.2 Å². The molecule has 2 aliphatic rings. The Balaban J connectivity index is 1.14. The number of hydrogen-bond acceptors (Lipinski definition) is 11. The summed E-state index contributed by atoms with van der Waals surface area (Å²) in [5.41, 5.74) is 2.43. The van der Waals surface area contributed by atoms with Gasteiger partial charge in [-0.05, 0) is 36.4 Å². The number of methoxy groups -OCH3 is 1. The van der Waals surface area contributed by atoms with Crippen LogP contribution in [0.4, 0.5) is 33.2 Å². The molecule has 0 bridgehead atoms. The van der Waals surface area contributed by atoms with Crippen molar-refractivity contribution in [1.82, 2.24) is 25.2 Å². The lowest BCUT2D eigenvalue weighted by atomic mass is 10.1. The summed E-state index contributed by atoms with van der Waals surface area (Å²) in [6, 6.07) is 15.7. The Hall–Kier alpha value is -5.05. The number of morpholine rings is 2. The lowest BCUT2D eigenvalue weighted by molar-refractivity contribution is -0.108. The largest absolute Gasteiger partial charge is 0.494 e. The molecule has 2 saturated heterocycles. The molecule has 0 spiro atoms. The van der Waals surface area contributed by atoms with Crippen molar-refractivity contribution in [3.63, 3.8) is 0 Å². The number of halogens is 2. The fourth-order valence-electron chi connectivity index (χ4n) is 5.60. The molecule has 0 radical (unpaired) electrons. The normalized spacial score (nSPS) is 17.8. The van der Waals surface area contributed by atoms with Crippen LogP contribution in [0.5, 0.6) is 5.75 Å². The van der Waals surface area contributed by atoms with Crippen LogP contribution in [0.1, 0.15) is 20.7 Å². The van der Waals surface area contributed by atoms with Crippen molar-refractivity contribution >= 4 is 52.2 Å². The molecule has 13 nitrogen and oxygen atoms in total. The number of rotatable bonds is 9. The summed E-state index contributed by atoms with van der Waals surface area (Å²) in [6.07, 6.45) is 2.07. The molecule has 2 aromatic heterocycles. The predicted molar refractivity (Wildman–Crippen MR) is 178 cm³/mol. The number of anilines is 5. The molecular weight excluding hydrogens is 643 g/mol. The topological polar surface area (TPSA) is 143 Å². The number of pyridine rings is 1. The highest BCUT2D eigenvalue weighted by atomic mass is 35.5. The van der Waals surface area contributed by atoms with Crippen molar-refractivity contribution in [2.24, 2.45) is 0 Å². The molecule has 0 aliphatic carbocycles. The number of carbonyl (C=O) groups is 2. The summed E-state index contributed by atoms with van der Waals surface area (Å²) in [5, 5.41) is 9.22. The average molecular weight is 677 g/mol. The Morgan fingerprint density at radius 1 is 0.958 bits per heavy atom. The van der Waals surface area contributed by atoms with Gasteiger partial charge in [0.15, 0.2) is 5.82 Å². The Labute approximate surface area is 281 Å². The Kier molecular flexibility index (Phi) is 10.1. The van der Waals surface area contributed by atoms with E-state index in [-0.39, 0.29) is 41.2 Å². The van der Waals surface area contributed by atoms with Crippen LogP contribution in [0.15, 0.2) is 67.0 Å². The molecule has 2 aromatic carbocycles. The fourth-order valence-corrected chi connectivity index (χ4v) is 5.74. The first kappa shape index (κ1) is 32.9. The van der Waals surface area contributed by atoms with Crippen LogP contribution in [0.25, 0.3) is 0 Å². The summed E-state index contributed by atoms with van der Waals surface area (Å²) in [7, 11) is 3.14. The quantitative estimate of drug-likeness (QED) is 0.219. The molecule has 2 aliphatic heterocycles. The van der Waals surface area contributed by atoms with Gasteiger partial charge in [-0.25, -0.2) is 9.97 Å². The van der Waals surface area contributed by atoms with E-state index in [0.717, 1.165) is 5.69 Å². The number of amides is 2. The minimum atomic E-state index is -0.791. The SMILES string of the molecule is CNC(=O)c1ccccc1Nc1nc(Nc2ccc(N3CCOC(C4CN(C(=O)c5cccnc5F)CCO4)C3)cc2OC)ncc1Cl. The van der Waals surface area contributed by atoms with E-state index in [9.17, 15) is 14.0 Å². The van der Waals surface area contributed by atoms with Crippen molar-refractivity contribution in [3.8, 4) is 5.75 Å². The van der Waals surface area contributed by atoms with Gasteiger partial charge in [0.2, 0.25) is 11.9 Å². The molecule has 4 aromatic rings. The molecule has 250 valence electrons. The van der Waals surface area contributed by atoms with Crippen LogP contribution in [0, 0.1) is 5.95 Å². The van der Waals surface area contributed by atoms with E-state index in [1.165, 1.54) is 18.5 Å². The van der Waals surface area contributed by atoms with Gasteiger partial charge in [-0.3, -0.25) is 9.59 Å². The molecule has 6 rings (SSSR count). The third-order valence-electron chi connectivity index (χ3n) is 8.07. The maximum atomic E-state index is 14.2. The summed E-state index contributed by atoms with van der Waals surface area (Å²) in [4.78, 5) is 41.6. The molecule has 2 unspecified atom stereocenters. The van der Waals surface area contributed by atoms with Crippen LogP contribution in [-0.2, 0) is 9.47 Å². The van der Waals surface area contributed by atoms with Gasteiger partial charge >= 0.3 is 0 Å². The zero-order valence-electron chi connectivity index (χ0n) is 26.3. The molecule has 2 fully saturated rings. The Morgan fingerprint density at radius 2 is 1.73 bits per heavy atom. The van der Waals surface area contributed by atoms with Crippen LogP contribution in [0.3, 0.4) is 0 Å². The standard InChI is InChI=1S/C33H34ClFN8O5/c1-36-31(44)21-6-3-4-8-24(21)39-30-23(34)17-38-33(41-30)40-25-10-9-20(16-26(25)46-2)42-12-14-47-27(18-42)28-19-43(13-15-48-28)32(45)22-7-5-11-37-29(22)35/h3-11,16-17,27-28H,12-15,18-19H2,1-2H3,(H,36,44)(H2,38,39,40,41). The summed E-state index contributed by atoms with van der Waals surface area (Å²) in [6.45, 7) is 2.54. The second-order valence-electron chi connectivity index (χ2n) is 11.0. The second kappa shape index (κ2) is 14.8. The summed E-state index contributed by atoms with van der Waals surface area (Å²) >= 11 is 6.40. The van der Waals surface area contributed by atoms with Crippen LogP contribution in [-0.4, -0.2) is 97.4 Å². The molecule has 2 atom stereocenters. The fraction of sp³-hybridized carbons (Fsp3) is 0.303. The molecule has 3 N–H and O–H groups in total. The molecule has 4 heterocycles. The van der Waals surface area contributed by atoms with Crippen LogP contribution >= 0.6 is 11.6 Å². The highest BCUT2D eigenvalue weighted by molar-refractivity contribution is 6.33. The first-order valence-electron chi connectivity index (χ1n) is 15.3. The van der Waals surface area contributed by atoms with Gasteiger partial charge in [0.1, 0.15) is 23.0 Å². The predicted octanol–water partition coefficient (Wildman–Crippen LogP) is 4.27. The van der Waals surface area contributed by atoms with E-state index in [2.05, 4.69) is 35.8 Å². The zero-order valence-corrected chi connectivity index (χ0v) is 27.0. The van der Waals surface area contributed by atoms with Crippen molar-refractivity contribution in [2.45, 2.75) is 12.2 Å². The zero-order chi connectivity index (χ0) is 33.6. The first-order valence-corrected chi connectivity index (χ1v) is 15.7. The van der Waals surface area contributed by atoms with Gasteiger partial charge in [0.05, 0.1) is 49.0 Å². The first-order chi connectivity index (χ1) is 23.3. The van der Waals surface area contributed by atoms with Crippen molar-refractivity contribution in [1.29, 1.82) is 0 Å². The maximum absolute atomic E-state index is 14.2. The highest BCUT2D eigenvalue weighted by Crippen LogP contribution is 2.34. The lowest BCUT2D eigenvalue weighted by Gasteiger charge is -2.41. The number of nitrogens with zero attached hydrogens (tertiary/aromatic N) is 5. The number of nitrogens with one attached hydrogen (secondary N) is 3. The average Bonchev–Trinajstić information content (AvgIpc) is 3.13. The number of aromatic nitrogens is 3. The highest BCUT2D eigenvalue weighted by Gasteiger charge is 2.35. The Morgan fingerprint density at radius 3 is 2.52 bits per heavy atom. The molecule has 0 saturated carbocycles. The smallest absolute Gasteiger partial charge is 0.258 e. The summed E-state index contributed by atoms with van der Waals surface area (Å²) in [5.74, 6) is -0.332. The van der Waals surface area contributed by atoms with Gasteiger partial charge in [0, 0.05) is 51.2 Å². The van der Waals surface area contributed by atoms with Crippen LogP contribution < -0.4 is 25.6 Å². The van der Waals surface area contributed by atoms with Crippen molar-refractivity contribution in [3.05, 3.63) is 89.1 Å². The molecule has 15 heteroatoms. The monoisotopic (exact) mass is 676 g/mol. The van der Waals surface area contributed by atoms with Crippen LogP contribution in [0.2, 0.25) is 5.02 Å². The Bertz CT molecular complexity index is 1800. The molecule has 2 amide bonds. The van der Waals surface area contributed by atoms with E-state index >= 15 is 0 Å². The number of benzene rings is 2.